The van der Waals surface area contributed by atoms with Gasteiger partial charge in [-0.25, -0.2) is 0 Å². The molecule has 0 aromatic rings. The van der Waals surface area contributed by atoms with Crippen LogP contribution in [0.15, 0.2) is 0 Å². The maximum Gasteiger partial charge on any atom is -0.0355 e. The number of hydrogen-bond acceptors (Lipinski definition) is 0. The highest BCUT2D eigenvalue weighted by atomic mass is 14.4. The lowest BCUT2D eigenvalue weighted by atomic mass is 9.62. The van der Waals surface area contributed by atoms with Gasteiger partial charge in [0.05, 0.1) is 0 Å². The molecule has 142 valence electrons. The second kappa shape index (κ2) is 10.9. The minimum atomic E-state index is 0.925. The molecule has 2 fully saturated rings. The highest BCUT2D eigenvalue weighted by Gasteiger charge is 2.36. The van der Waals surface area contributed by atoms with E-state index >= 15 is 0 Å². The van der Waals surface area contributed by atoms with E-state index in [0.717, 1.165) is 35.5 Å². The molecule has 0 aromatic carbocycles. The van der Waals surface area contributed by atoms with Gasteiger partial charge in [0.25, 0.3) is 0 Å². The van der Waals surface area contributed by atoms with Crippen LogP contribution >= 0.6 is 0 Å². The van der Waals surface area contributed by atoms with Gasteiger partial charge >= 0.3 is 0 Å². The zero-order valence-electron chi connectivity index (χ0n) is 17.4. The molecule has 0 amide bonds. The average Bonchev–Trinajstić information content (AvgIpc) is 2.61. The van der Waals surface area contributed by atoms with Crippen molar-refractivity contribution in [3.63, 3.8) is 0 Å². The van der Waals surface area contributed by atoms with Crippen LogP contribution in [0.25, 0.3) is 0 Å². The van der Waals surface area contributed by atoms with Gasteiger partial charge in [0.2, 0.25) is 0 Å². The highest BCUT2D eigenvalue weighted by Crippen LogP contribution is 2.46. The second-order valence-electron chi connectivity index (χ2n) is 9.47. The standard InChI is InChI=1S/C24H46/c1-5-19(3)21(6-2)17-18-23-20(4)15-16-22-13-11-9-7-8-10-12-14-24(22)23/h19-24H,5-18H2,1-4H3. The monoisotopic (exact) mass is 334 g/mol. The summed E-state index contributed by atoms with van der Waals surface area (Å²) in [6, 6.07) is 0. The van der Waals surface area contributed by atoms with E-state index in [1.54, 1.807) is 19.3 Å². The molecule has 6 unspecified atom stereocenters. The first-order chi connectivity index (χ1) is 11.7. The molecule has 0 aromatic heterocycles. The second-order valence-corrected chi connectivity index (χ2v) is 9.47. The van der Waals surface area contributed by atoms with Crippen molar-refractivity contribution in [3.8, 4) is 0 Å². The summed E-state index contributed by atoms with van der Waals surface area (Å²) >= 11 is 0. The van der Waals surface area contributed by atoms with Crippen LogP contribution in [0.1, 0.15) is 118 Å². The molecule has 0 heteroatoms. The number of hydrogen-bond donors (Lipinski definition) is 0. The van der Waals surface area contributed by atoms with Crippen molar-refractivity contribution < 1.29 is 0 Å². The SMILES string of the molecule is CCC(C)C(CC)CCC1C(C)CCC2CCCCCCCCC21. The largest absolute Gasteiger partial charge is 0.0651 e. The highest BCUT2D eigenvalue weighted by molar-refractivity contribution is 4.87. The van der Waals surface area contributed by atoms with E-state index in [4.69, 9.17) is 0 Å². The predicted octanol–water partition coefficient (Wildman–Crippen LogP) is 8.25. The Morgan fingerprint density at radius 2 is 1.46 bits per heavy atom. The molecule has 6 atom stereocenters. The molecule has 0 aliphatic heterocycles. The molecule has 0 spiro atoms. The Kier molecular flexibility index (Phi) is 9.20. The summed E-state index contributed by atoms with van der Waals surface area (Å²) in [6.45, 7) is 9.88. The van der Waals surface area contributed by atoms with Crippen LogP contribution in [-0.4, -0.2) is 0 Å². The van der Waals surface area contributed by atoms with E-state index in [1.165, 1.54) is 70.6 Å². The maximum absolute atomic E-state index is 2.59. The molecule has 24 heavy (non-hydrogen) atoms. The number of rotatable bonds is 6. The van der Waals surface area contributed by atoms with E-state index in [9.17, 15) is 0 Å². The Bertz CT molecular complexity index is 320. The van der Waals surface area contributed by atoms with Gasteiger partial charge < -0.3 is 0 Å². The summed E-state index contributed by atoms with van der Waals surface area (Å²) in [5.74, 6) is 6.08. The fourth-order valence-electron chi connectivity index (χ4n) is 6.11. The van der Waals surface area contributed by atoms with Gasteiger partial charge in [-0.15, -0.1) is 0 Å². The third kappa shape index (κ3) is 5.77. The van der Waals surface area contributed by atoms with E-state index < -0.39 is 0 Å². The Balaban J connectivity index is 1.98. The van der Waals surface area contributed by atoms with Crippen LogP contribution in [0.2, 0.25) is 0 Å². The Hall–Kier alpha value is 0. The van der Waals surface area contributed by atoms with Crippen LogP contribution < -0.4 is 0 Å². The zero-order valence-corrected chi connectivity index (χ0v) is 17.4. The summed E-state index contributed by atoms with van der Waals surface area (Å²) < 4.78 is 0. The average molecular weight is 335 g/mol. The van der Waals surface area contributed by atoms with Crippen molar-refractivity contribution in [3.05, 3.63) is 0 Å². The third-order valence-electron chi connectivity index (χ3n) is 8.09. The lowest BCUT2D eigenvalue weighted by Crippen LogP contribution is -2.34. The van der Waals surface area contributed by atoms with Crippen LogP contribution in [-0.2, 0) is 0 Å². The van der Waals surface area contributed by atoms with Crippen molar-refractivity contribution >= 4 is 0 Å². The molecular weight excluding hydrogens is 288 g/mol. The van der Waals surface area contributed by atoms with Crippen LogP contribution in [0.4, 0.5) is 0 Å². The van der Waals surface area contributed by atoms with Gasteiger partial charge in [-0.1, -0.05) is 91.9 Å². The zero-order chi connectivity index (χ0) is 17.4. The van der Waals surface area contributed by atoms with Crippen LogP contribution in [0.5, 0.6) is 0 Å². The summed E-state index contributed by atoms with van der Waals surface area (Å²) in [4.78, 5) is 0. The van der Waals surface area contributed by atoms with E-state index in [2.05, 4.69) is 27.7 Å². The Morgan fingerprint density at radius 3 is 2.12 bits per heavy atom. The molecule has 0 N–H and O–H groups in total. The molecule has 2 saturated carbocycles. The topological polar surface area (TPSA) is 0 Å². The molecule has 0 radical (unpaired) electrons. The predicted molar refractivity (Wildman–Crippen MR) is 108 cm³/mol. The summed E-state index contributed by atoms with van der Waals surface area (Å²) in [7, 11) is 0. The Morgan fingerprint density at radius 1 is 0.792 bits per heavy atom. The summed E-state index contributed by atoms with van der Waals surface area (Å²) in [5.41, 5.74) is 0. The minimum absolute atomic E-state index is 0.925. The lowest BCUT2D eigenvalue weighted by molar-refractivity contribution is 0.0655. The van der Waals surface area contributed by atoms with E-state index in [-0.39, 0.29) is 0 Å². The van der Waals surface area contributed by atoms with Gasteiger partial charge in [-0.2, -0.15) is 0 Å². The van der Waals surface area contributed by atoms with Crippen molar-refractivity contribution in [2.24, 2.45) is 35.5 Å². The van der Waals surface area contributed by atoms with Crippen molar-refractivity contribution in [1.29, 1.82) is 0 Å². The van der Waals surface area contributed by atoms with Crippen molar-refractivity contribution in [1.82, 2.24) is 0 Å². The maximum atomic E-state index is 2.59. The molecule has 2 aliphatic carbocycles. The normalized spacial score (nSPS) is 35.0. The van der Waals surface area contributed by atoms with Gasteiger partial charge in [0.15, 0.2) is 0 Å². The van der Waals surface area contributed by atoms with Gasteiger partial charge in [-0.3, -0.25) is 0 Å². The molecule has 0 nitrogen and oxygen atoms in total. The van der Waals surface area contributed by atoms with E-state index in [0.29, 0.717) is 0 Å². The molecule has 2 rings (SSSR count). The Labute approximate surface area is 153 Å². The first-order valence-corrected chi connectivity index (χ1v) is 11.7. The summed E-state index contributed by atoms with van der Waals surface area (Å²) in [5, 5.41) is 0. The molecule has 0 saturated heterocycles. The first kappa shape index (κ1) is 20.3. The minimum Gasteiger partial charge on any atom is -0.0651 e. The van der Waals surface area contributed by atoms with Crippen LogP contribution in [0.3, 0.4) is 0 Å². The third-order valence-corrected chi connectivity index (χ3v) is 8.09. The fourth-order valence-corrected chi connectivity index (χ4v) is 6.11. The molecule has 0 bridgehead atoms. The smallest absolute Gasteiger partial charge is 0.0355 e. The van der Waals surface area contributed by atoms with Gasteiger partial charge in [0, 0.05) is 0 Å². The number of fused-ring (bicyclic) bond motifs is 1. The van der Waals surface area contributed by atoms with Crippen LogP contribution in [0, 0.1) is 35.5 Å². The van der Waals surface area contributed by atoms with Gasteiger partial charge in [0.1, 0.15) is 0 Å². The quantitative estimate of drug-likeness (QED) is 0.458. The molecule has 0 heterocycles. The summed E-state index contributed by atoms with van der Waals surface area (Å²) in [6.07, 6.45) is 21.0. The van der Waals surface area contributed by atoms with Crippen molar-refractivity contribution in [2.45, 2.75) is 118 Å². The van der Waals surface area contributed by atoms with E-state index in [1.807, 2.05) is 0 Å². The molecular formula is C24H46. The fraction of sp³-hybridized carbons (Fsp3) is 1.00. The first-order valence-electron chi connectivity index (χ1n) is 11.7. The van der Waals surface area contributed by atoms with Crippen molar-refractivity contribution in [2.75, 3.05) is 0 Å². The van der Waals surface area contributed by atoms with Gasteiger partial charge in [-0.05, 0) is 61.2 Å². The lowest BCUT2D eigenvalue weighted by Gasteiger charge is -2.44. The molecule has 2 aliphatic rings.